The minimum atomic E-state index is 0.768. The summed E-state index contributed by atoms with van der Waals surface area (Å²) in [4.78, 5) is 0. The molecule has 1 fully saturated rings. The van der Waals surface area contributed by atoms with E-state index in [0.29, 0.717) is 0 Å². The largest absolute Gasteiger partial charge is 0.494 e. The minimum Gasteiger partial charge on any atom is -0.494 e. The molecule has 0 radical (unpaired) electrons. The molecule has 3 rings (SSSR count). The molecule has 0 N–H and O–H groups in total. The lowest BCUT2D eigenvalue weighted by Crippen LogP contribution is -2.13. The zero-order valence-electron chi connectivity index (χ0n) is 20.1. The van der Waals surface area contributed by atoms with Gasteiger partial charge in [0.25, 0.3) is 0 Å². The van der Waals surface area contributed by atoms with E-state index < -0.39 is 0 Å². The standard InChI is InChI=1S/C30H44O/c1-3-5-7-8-9-10-24-31-30-22-20-29(21-23-30)28-18-16-27(17-19-28)26-14-12-25(13-15-26)11-6-4-2/h16-23,25-26H,3-15,24H2,1-2H3. The van der Waals surface area contributed by atoms with E-state index in [4.69, 9.17) is 4.74 Å². The number of unbranched alkanes of at least 4 members (excludes halogenated alkanes) is 6. The minimum absolute atomic E-state index is 0.768. The highest BCUT2D eigenvalue weighted by atomic mass is 16.5. The summed E-state index contributed by atoms with van der Waals surface area (Å²) in [5.74, 6) is 2.75. The molecule has 0 unspecified atom stereocenters. The van der Waals surface area contributed by atoms with Gasteiger partial charge in [0.2, 0.25) is 0 Å². The molecule has 0 aromatic heterocycles. The summed E-state index contributed by atoms with van der Waals surface area (Å²) in [6, 6.07) is 18.0. The summed E-state index contributed by atoms with van der Waals surface area (Å²) < 4.78 is 5.93. The summed E-state index contributed by atoms with van der Waals surface area (Å²) >= 11 is 0. The molecule has 0 heterocycles. The van der Waals surface area contributed by atoms with Crippen molar-refractivity contribution in [2.75, 3.05) is 6.61 Å². The fourth-order valence-corrected chi connectivity index (χ4v) is 5.04. The van der Waals surface area contributed by atoms with Crippen molar-refractivity contribution in [2.24, 2.45) is 5.92 Å². The maximum atomic E-state index is 5.93. The molecule has 170 valence electrons. The molecule has 2 aromatic rings. The fourth-order valence-electron chi connectivity index (χ4n) is 5.04. The third kappa shape index (κ3) is 8.02. The first-order valence-corrected chi connectivity index (χ1v) is 13.1. The lowest BCUT2D eigenvalue weighted by molar-refractivity contribution is 0.304. The zero-order chi connectivity index (χ0) is 21.7. The second-order valence-corrected chi connectivity index (χ2v) is 9.62. The van der Waals surface area contributed by atoms with Gasteiger partial charge in [0.15, 0.2) is 0 Å². The molecule has 0 spiro atoms. The quantitative estimate of drug-likeness (QED) is 0.293. The van der Waals surface area contributed by atoms with Gasteiger partial charge in [0.05, 0.1) is 6.61 Å². The molecule has 1 heteroatoms. The molecular formula is C30H44O. The Morgan fingerprint density at radius 2 is 1.23 bits per heavy atom. The van der Waals surface area contributed by atoms with E-state index >= 15 is 0 Å². The number of benzene rings is 2. The van der Waals surface area contributed by atoms with Crippen LogP contribution in [-0.4, -0.2) is 6.61 Å². The van der Waals surface area contributed by atoms with Crippen LogP contribution < -0.4 is 4.74 Å². The molecule has 1 nitrogen and oxygen atoms in total. The lowest BCUT2D eigenvalue weighted by atomic mass is 9.77. The van der Waals surface area contributed by atoms with Gasteiger partial charge in [-0.1, -0.05) is 102 Å². The van der Waals surface area contributed by atoms with Crippen LogP contribution in [0.4, 0.5) is 0 Å². The van der Waals surface area contributed by atoms with Crippen LogP contribution in [0, 0.1) is 5.92 Å². The lowest BCUT2D eigenvalue weighted by Gasteiger charge is -2.29. The van der Waals surface area contributed by atoms with Crippen LogP contribution in [0.2, 0.25) is 0 Å². The van der Waals surface area contributed by atoms with E-state index in [2.05, 4.69) is 62.4 Å². The van der Waals surface area contributed by atoms with Crippen LogP contribution in [0.1, 0.15) is 109 Å². The second kappa shape index (κ2) is 13.6. The van der Waals surface area contributed by atoms with Gasteiger partial charge in [0, 0.05) is 0 Å². The van der Waals surface area contributed by atoms with E-state index in [1.54, 1.807) is 0 Å². The molecule has 1 saturated carbocycles. The highest BCUT2D eigenvalue weighted by molar-refractivity contribution is 5.64. The number of ether oxygens (including phenoxy) is 1. The van der Waals surface area contributed by atoms with E-state index in [-0.39, 0.29) is 0 Å². The smallest absolute Gasteiger partial charge is 0.119 e. The van der Waals surface area contributed by atoms with Crippen molar-refractivity contribution in [2.45, 2.75) is 103 Å². The fraction of sp³-hybridized carbons (Fsp3) is 0.600. The summed E-state index contributed by atoms with van der Waals surface area (Å²) in [6.45, 7) is 5.41. The average Bonchev–Trinajstić information content (AvgIpc) is 2.83. The van der Waals surface area contributed by atoms with Gasteiger partial charge >= 0.3 is 0 Å². The zero-order valence-corrected chi connectivity index (χ0v) is 20.1. The normalized spacial score (nSPS) is 18.8. The van der Waals surface area contributed by atoms with Crippen LogP contribution >= 0.6 is 0 Å². The Kier molecular flexibility index (Phi) is 10.5. The van der Waals surface area contributed by atoms with Crippen LogP contribution in [-0.2, 0) is 0 Å². The predicted octanol–water partition coefficient (Wildman–Crippen LogP) is 9.56. The van der Waals surface area contributed by atoms with Crippen molar-refractivity contribution in [3.63, 3.8) is 0 Å². The molecule has 0 amide bonds. The second-order valence-electron chi connectivity index (χ2n) is 9.62. The van der Waals surface area contributed by atoms with Gasteiger partial charge in [-0.2, -0.15) is 0 Å². The van der Waals surface area contributed by atoms with E-state index in [9.17, 15) is 0 Å². The Labute approximate surface area is 191 Å². The Hall–Kier alpha value is -1.76. The van der Waals surface area contributed by atoms with Gasteiger partial charge in [0.1, 0.15) is 5.75 Å². The summed E-state index contributed by atoms with van der Waals surface area (Å²) in [6.07, 6.45) is 17.6. The number of rotatable bonds is 13. The van der Waals surface area contributed by atoms with Crippen LogP contribution in [0.15, 0.2) is 48.5 Å². The molecule has 0 atom stereocenters. The maximum Gasteiger partial charge on any atom is 0.119 e. The van der Waals surface area contributed by atoms with Crippen molar-refractivity contribution < 1.29 is 4.74 Å². The highest BCUT2D eigenvalue weighted by Crippen LogP contribution is 2.38. The van der Waals surface area contributed by atoms with Crippen molar-refractivity contribution in [1.29, 1.82) is 0 Å². The van der Waals surface area contributed by atoms with Crippen LogP contribution in [0.3, 0.4) is 0 Å². The summed E-state index contributed by atoms with van der Waals surface area (Å²) in [7, 11) is 0. The van der Waals surface area contributed by atoms with Gasteiger partial charge in [-0.25, -0.2) is 0 Å². The topological polar surface area (TPSA) is 9.23 Å². The monoisotopic (exact) mass is 420 g/mol. The van der Waals surface area contributed by atoms with E-state index in [1.165, 1.54) is 93.7 Å². The molecular weight excluding hydrogens is 376 g/mol. The first-order chi connectivity index (χ1) is 15.3. The van der Waals surface area contributed by atoms with Crippen molar-refractivity contribution in [3.05, 3.63) is 54.1 Å². The molecule has 0 aliphatic heterocycles. The first-order valence-electron chi connectivity index (χ1n) is 13.1. The summed E-state index contributed by atoms with van der Waals surface area (Å²) in [5.41, 5.74) is 4.13. The Balaban J connectivity index is 1.42. The molecule has 1 aliphatic rings. The van der Waals surface area contributed by atoms with Crippen molar-refractivity contribution in [1.82, 2.24) is 0 Å². The van der Waals surface area contributed by atoms with E-state index in [1.807, 2.05) is 0 Å². The summed E-state index contributed by atoms with van der Waals surface area (Å²) in [5, 5.41) is 0. The van der Waals surface area contributed by atoms with Gasteiger partial charge in [-0.15, -0.1) is 0 Å². The number of hydrogen-bond acceptors (Lipinski definition) is 1. The molecule has 1 aliphatic carbocycles. The SMILES string of the molecule is CCCCCCCCOc1ccc(-c2ccc(C3CCC(CCCC)CC3)cc2)cc1. The molecule has 31 heavy (non-hydrogen) atoms. The van der Waals surface area contributed by atoms with Gasteiger partial charge < -0.3 is 4.74 Å². The van der Waals surface area contributed by atoms with Crippen LogP contribution in [0.5, 0.6) is 5.75 Å². The Morgan fingerprint density at radius 1 is 0.645 bits per heavy atom. The Morgan fingerprint density at radius 3 is 1.87 bits per heavy atom. The third-order valence-electron chi connectivity index (χ3n) is 7.15. The van der Waals surface area contributed by atoms with E-state index in [0.717, 1.165) is 30.6 Å². The highest BCUT2D eigenvalue weighted by Gasteiger charge is 2.21. The molecule has 0 saturated heterocycles. The van der Waals surface area contributed by atoms with Gasteiger partial charge in [-0.3, -0.25) is 0 Å². The average molecular weight is 421 g/mol. The Bertz CT molecular complexity index is 707. The number of hydrogen-bond donors (Lipinski definition) is 0. The maximum absolute atomic E-state index is 5.93. The molecule has 2 aromatic carbocycles. The van der Waals surface area contributed by atoms with Gasteiger partial charge in [-0.05, 0) is 72.8 Å². The van der Waals surface area contributed by atoms with Crippen molar-refractivity contribution >= 4 is 0 Å². The predicted molar refractivity (Wildman–Crippen MR) is 135 cm³/mol. The van der Waals surface area contributed by atoms with Crippen LogP contribution in [0.25, 0.3) is 11.1 Å². The molecule has 0 bridgehead atoms. The van der Waals surface area contributed by atoms with Crippen molar-refractivity contribution in [3.8, 4) is 16.9 Å². The first kappa shape index (κ1) is 23.9. The third-order valence-corrected chi connectivity index (χ3v) is 7.15.